The summed E-state index contributed by atoms with van der Waals surface area (Å²) in [6.07, 6.45) is 0. The van der Waals surface area contributed by atoms with Crippen LogP contribution in [0, 0.1) is 12.7 Å². The van der Waals surface area contributed by atoms with Crippen LogP contribution in [-0.4, -0.2) is 15.3 Å². The zero-order valence-electron chi connectivity index (χ0n) is 8.40. The highest BCUT2D eigenvalue weighted by Crippen LogP contribution is 2.13. The predicted molar refractivity (Wildman–Crippen MR) is 59.0 cm³/mol. The molecular weight excluding hydrogens is 229 g/mol. The molecule has 1 amide bonds. The molecule has 16 heavy (non-hydrogen) atoms. The number of halogens is 1. The number of aromatic nitrogens is 2. The topological polar surface area (TPSA) is 54.9 Å². The number of hydrogen-bond acceptors (Lipinski definition) is 4. The summed E-state index contributed by atoms with van der Waals surface area (Å²) in [5.41, 5.74) is -0.00430. The maximum atomic E-state index is 13.3. The van der Waals surface area contributed by atoms with Crippen molar-refractivity contribution in [1.29, 1.82) is 0 Å². The molecular formula is C10H8FN3OS. The number of nitrogens with one attached hydrogen (secondary N) is 1. The van der Waals surface area contributed by atoms with Crippen molar-refractivity contribution >= 4 is 22.6 Å². The second-order valence-electron chi connectivity index (χ2n) is 3.08. The van der Waals surface area contributed by atoms with Gasteiger partial charge in [-0.25, -0.2) is 9.37 Å². The second kappa shape index (κ2) is 4.36. The molecule has 0 aliphatic carbocycles. The van der Waals surface area contributed by atoms with Crippen molar-refractivity contribution in [2.24, 2.45) is 0 Å². The van der Waals surface area contributed by atoms with Gasteiger partial charge in [0.15, 0.2) is 0 Å². The summed E-state index contributed by atoms with van der Waals surface area (Å²) in [7, 11) is 0. The van der Waals surface area contributed by atoms with Gasteiger partial charge in [0.25, 0.3) is 5.91 Å². The molecule has 2 aromatic rings. The number of hydrogen-bond donors (Lipinski definition) is 1. The molecule has 0 saturated heterocycles. The lowest BCUT2D eigenvalue weighted by atomic mass is 10.2. The quantitative estimate of drug-likeness (QED) is 0.871. The smallest absolute Gasteiger partial charge is 0.260 e. The first kappa shape index (κ1) is 10.7. The fraction of sp³-hybridized carbons (Fsp3) is 0.100. The van der Waals surface area contributed by atoms with Gasteiger partial charge in [-0.3, -0.25) is 10.1 Å². The van der Waals surface area contributed by atoms with Crippen LogP contribution in [-0.2, 0) is 0 Å². The van der Waals surface area contributed by atoms with Crippen LogP contribution in [0.1, 0.15) is 16.2 Å². The third-order valence-electron chi connectivity index (χ3n) is 1.87. The lowest BCUT2D eigenvalue weighted by molar-refractivity contribution is 0.102. The maximum Gasteiger partial charge on any atom is 0.260 e. The average Bonchev–Trinajstić information content (AvgIpc) is 2.64. The van der Waals surface area contributed by atoms with Gasteiger partial charge in [0.2, 0.25) is 5.13 Å². The van der Waals surface area contributed by atoms with Crippen molar-refractivity contribution in [3.8, 4) is 0 Å². The Hall–Kier alpha value is -1.82. The lowest BCUT2D eigenvalue weighted by Gasteiger charge is -2.01. The minimum absolute atomic E-state index is 0.00430. The first-order valence-electron chi connectivity index (χ1n) is 4.53. The molecule has 0 aliphatic heterocycles. The van der Waals surface area contributed by atoms with Crippen LogP contribution in [0.25, 0.3) is 0 Å². The number of amides is 1. The van der Waals surface area contributed by atoms with Crippen LogP contribution in [0.3, 0.4) is 0 Å². The average molecular weight is 237 g/mol. The van der Waals surface area contributed by atoms with Crippen LogP contribution in [0.2, 0.25) is 0 Å². The van der Waals surface area contributed by atoms with E-state index in [-0.39, 0.29) is 5.56 Å². The standard InChI is InChI=1S/C10H8FN3OS/c1-6-12-10(16-14-6)13-9(15)7-4-2-3-5-8(7)11/h2-5H,1H3,(H,12,13,14,15). The summed E-state index contributed by atoms with van der Waals surface area (Å²) in [5.74, 6) is -0.496. The lowest BCUT2D eigenvalue weighted by Crippen LogP contribution is -2.13. The van der Waals surface area contributed by atoms with E-state index in [0.717, 1.165) is 11.5 Å². The van der Waals surface area contributed by atoms with Crippen molar-refractivity contribution in [1.82, 2.24) is 9.36 Å². The van der Waals surface area contributed by atoms with E-state index in [1.807, 2.05) is 0 Å². The zero-order valence-corrected chi connectivity index (χ0v) is 9.21. The molecule has 0 radical (unpaired) electrons. The van der Waals surface area contributed by atoms with Crippen LogP contribution in [0.4, 0.5) is 9.52 Å². The maximum absolute atomic E-state index is 13.3. The van der Waals surface area contributed by atoms with E-state index in [1.54, 1.807) is 13.0 Å². The highest BCUT2D eigenvalue weighted by atomic mass is 32.1. The van der Waals surface area contributed by atoms with E-state index in [0.29, 0.717) is 11.0 Å². The number of carbonyl (C=O) groups excluding carboxylic acids is 1. The molecule has 1 aromatic heterocycles. The molecule has 6 heteroatoms. The Morgan fingerprint density at radius 3 is 2.81 bits per heavy atom. The normalized spacial score (nSPS) is 10.1. The van der Waals surface area contributed by atoms with Gasteiger partial charge in [0.1, 0.15) is 11.6 Å². The van der Waals surface area contributed by atoms with Gasteiger partial charge in [-0.1, -0.05) is 12.1 Å². The zero-order chi connectivity index (χ0) is 11.5. The van der Waals surface area contributed by atoms with Gasteiger partial charge in [-0.2, -0.15) is 4.37 Å². The molecule has 0 bridgehead atoms. The van der Waals surface area contributed by atoms with E-state index < -0.39 is 11.7 Å². The molecule has 0 unspecified atom stereocenters. The minimum atomic E-state index is -0.554. The van der Waals surface area contributed by atoms with Crippen LogP contribution in [0.5, 0.6) is 0 Å². The van der Waals surface area contributed by atoms with Crippen molar-refractivity contribution in [3.63, 3.8) is 0 Å². The highest BCUT2D eigenvalue weighted by molar-refractivity contribution is 7.09. The Labute approximate surface area is 95.3 Å². The number of rotatable bonds is 2. The van der Waals surface area contributed by atoms with Crippen LogP contribution < -0.4 is 5.32 Å². The van der Waals surface area contributed by atoms with E-state index in [2.05, 4.69) is 14.7 Å². The molecule has 4 nitrogen and oxygen atoms in total. The van der Waals surface area contributed by atoms with E-state index in [1.165, 1.54) is 18.2 Å². The number of anilines is 1. The molecule has 0 aliphatic rings. The second-order valence-corrected chi connectivity index (χ2v) is 3.83. The molecule has 82 valence electrons. The molecule has 2 rings (SSSR count). The van der Waals surface area contributed by atoms with Crippen LogP contribution in [0.15, 0.2) is 24.3 Å². The Morgan fingerprint density at radius 2 is 2.19 bits per heavy atom. The first-order chi connectivity index (χ1) is 7.66. The van der Waals surface area contributed by atoms with Gasteiger partial charge in [-0.15, -0.1) is 0 Å². The molecule has 0 saturated carbocycles. The predicted octanol–water partition coefficient (Wildman–Crippen LogP) is 2.24. The van der Waals surface area contributed by atoms with Crippen molar-refractivity contribution in [3.05, 3.63) is 41.5 Å². The summed E-state index contributed by atoms with van der Waals surface area (Å²) >= 11 is 1.06. The molecule has 1 heterocycles. The van der Waals surface area contributed by atoms with Crippen molar-refractivity contribution < 1.29 is 9.18 Å². The monoisotopic (exact) mass is 237 g/mol. The fourth-order valence-electron chi connectivity index (χ4n) is 1.16. The Bertz CT molecular complexity index is 526. The van der Waals surface area contributed by atoms with Gasteiger partial charge in [-0.05, 0) is 19.1 Å². The SMILES string of the molecule is Cc1nsc(NC(=O)c2ccccc2F)n1. The minimum Gasteiger partial charge on any atom is -0.296 e. The van der Waals surface area contributed by atoms with Gasteiger partial charge in [0.05, 0.1) is 5.56 Å². The van der Waals surface area contributed by atoms with Gasteiger partial charge in [0, 0.05) is 11.5 Å². The largest absolute Gasteiger partial charge is 0.296 e. The molecule has 0 atom stereocenters. The van der Waals surface area contributed by atoms with Gasteiger partial charge >= 0.3 is 0 Å². The van der Waals surface area contributed by atoms with E-state index in [4.69, 9.17) is 0 Å². The Balaban J connectivity index is 2.18. The number of aryl methyl sites for hydroxylation is 1. The third-order valence-corrected chi connectivity index (χ3v) is 2.59. The van der Waals surface area contributed by atoms with E-state index in [9.17, 15) is 9.18 Å². The highest BCUT2D eigenvalue weighted by Gasteiger charge is 2.12. The summed E-state index contributed by atoms with van der Waals surface area (Å²) in [6.45, 7) is 1.72. The number of carbonyl (C=O) groups is 1. The van der Waals surface area contributed by atoms with Crippen LogP contribution >= 0.6 is 11.5 Å². The Morgan fingerprint density at radius 1 is 1.44 bits per heavy atom. The summed E-state index contributed by atoms with van der Waals surface area (Å²) < 4.78 is 17.2. The van der Waals surface area contributed by atoms with Gasteiger partial charge < -0.3 is 0 Å². The molecule has 1 aromatic carbocycles. The summed E-state index contributed by atoms with van der Waals surface area (Å²) in [5, 5.41) is 2.85. The number of benzene rings is 1. The Kier molecular flexibility index (Phi) is 2.91. The fourth-order valence-corrected chi connectivity index (χ4v) is 1.73. The molecule has 0 fully saturated rings. The van der Waals surface area contributed by atoms with Crippen molar-refractivity contribution in [2.45, 2.75) is 6.92 Å². The first-order valence-corrected chi connectivity index (χ1v) is 5.30. The van der Waals surface area contributed by atoms with E-state index >= 15 is 0 Å². The molecule has 0 spiro atoms. The number of nitrogens with zero attached hydrogens (tertiary/aromatic N) is 2. The van der Waals surface area contributed by atoms with Crippen molar-refractivity contribution in [2.75, 3.05) is 5.32 Å². The summed E-state index contributed by atoms with van der Waals surface area (Å²) in [4.78, 5) is 15.6. The molecule has 1 N–H and O–H groups in total. The summed E-state index contributed by atoms with van der Waals surface area (Å²) in [6, 6.07) is 5.78. The third kappa shape index (κ3) is 2.22.